The monoisotopic (exact) mass is 1060 g/mol. The molecule has 16 nitrogen and oxygen atoms in total. The molecule has 1 fully saturated rings. The minimum Gasteiger partial charge on any atom is -0.493 e. The number of aryl methyl sites for hydroxylation is 1. The van der Waals surface area contributed by atoms with Crippen LogP contribution in [-0.2, 0) is 47.8 Å². The lowest BCUT2D eigenvalue weighted by molar-refractivity contribution is -0.125. The van der Waals surface area contributed by atoms with Crippen molar-refractivity contribution in [2.24, 2.45) is 5.41 Å². The maximum Gasteiger partial charge on any atom is 0.227 e. The molecular weight excluding hydrogens is 981 g/mol. The molecule has 0 aliphatic carbocycles. The Bertz CT molecular complexity index is 2970. The van der Waals surface area contributed by atoms with Crippen molar-refractivity contribution in [1.29, 1.82) is 0 Å². The van der Waals surface area contributed by atoms with Crippen LogP contribution in [0.5, 0.6) is 5.75 Å². The molecule has 16 heteroatoms. The van der Waals surface area contributed by atoms with Gasteiger partial charge in [0.25, 0.3) is 0 Å². The van der Waals surface area contributed by atoms with Gasteiger partial charge in [-0.15, -0.1) is 5.10 Å². The van der Waals surface area contributed by atoms with Crippen LogP contribution in [-0.4, -0.2) is 127 Å². The zero-order chi connectivity index (χ0) is 55.6. The van der Waals surface area contributed by atoms with Gasteiger partial charge in [0.15, 0.2) is 0 Å². The number of hydrogen-bond donors (Lipinski definition) is 3. The summed E-state index contributed by atoms with van der Waals surface area (Å²) in [5.74, 6) is 1.31. The van der Waals surface area contributed by atoms with Crippen molar-refractivity contribution >= 4 is 40.1 Å². The number of aromatic amines is 1. The molecule has 0 radical (unpaired) electrons. The van der Waals surface area contributed by atoms with E-state index in [1.807, 2.05) is 53.2 Å². The van der Waals surface area contributed by atoms with Gasteiger partial charge in [-0.1, -0.05) is 110 Å². The molecule has 3 N–H and O–H groups in total. The van der Waals surface area contributed by atoms with Crippen LogP contribution >= 0.6 is 0 Å². The summed E-state index contributed by atoms with van der Waals surface area (Å²) in [6.07, 6.45) is 2.59. The van der Waals surface area contributed by atoms with Crippen LogP contribution in [0.15, 0.2) is 78.9 Å². The molecule has 1 saturated heterocycles. The number of nitrogens with one attached hydrogen (secondary N) is 3. The molecule has 2 aliphatic heterocycles. The first-order chi connectivity index (χ1) is 37.2. The number of fused-ring (bicyclic) bond motifs is 6. The van der Waals surface area contributed by atoms with Crippen LogP contribution in [0.25, 0.3) is 44.9 Å². The maximum atomic E-state index is 14.0. The summed E-state index contributed by atoms with van der Waals surface area (Å²) in [5, 5.41) is 15.4. The number of hydrogen-bond acceptors (Lipinski definition) is 11. The van der Waals surface area contributed by atoms with Crippen molar-refractivity contribution in [3.63, 3.8) is 0 Å². The standard InChI is InChI=1S/C62H84N10O6/c1-60(2,3)26-35-76-37-38-77-36-28-64-54(74)24-25-55(75)71-42-43-17-11-12-18-46(43)57-56(47-19-13-14-20-52(47)71)67-68-72(57)29-16-27-63-53(73)21-15-34-78-58-48(61(4,5)6)39-44(40-49(58)62(7,8)9)59-65-50-23-22-45(41-51(50)66-59)70-32-30-69(10)31-33-70/h11-14,17-20,22-23,39-41H,15-16,21,24-38,42H2,1-10H3,(H,63,73)(H,64,74)(H,65,66). The first-order valence-electron chi connectivity index (χ1n) is 28.1. The zero-order valence-electron chi connectivity index (χ0n) is 48.0. The summed E-state index contributed by atoms with van der Waals surface area (Å²) in [7, 11) is 2.18. The first kappa shape index (κ1) is 57.6. The van der Waals surface area contributed by atoms with Gasteiger partial charge in [0.1, 0.15) is 17.3 Å². The highest BCUT2D eigenvalue weighted by Gasteiger charge is 2.31. The van der Waals surface area contributed by atoms with Crippen molar-refractivity contribution < 1.29 is 28.6 Å². The number of ether oxygens (including phenoxy) is 3. The average Bonchev–Trinajstić information content (AvgIpc) is 4.04. The van der Waals surface area contributed by atoms with Crippen molar-refractivity contribution in [2.75, 3.05) is 89.2 Å². The molecule has 2 aliphatic rings. The van der Waals surface area contributed by atoms with E-state index in [4.69, 9.17) is 24.3 Å². The van der Waals surface area contributed by atoms with Crippen LogP contribution in [0.3, 0.4) is 0 Å². The third-order valence-corrected chi connectivity index (χ3v) is 14.6. The third kappa shape index (κ3) is 14.9. The number of aromatic nitrogens is 5. The predicted octanol–water partition coefficient (Wildman–Crippen LogP) is 10.1. The molecule has 2 aromatic heterocycles. The number of likely N-dealkylation sites (N-methyl/N-ethyl adjacent to an activating group) is 1. The van der Waals surface area contributed by atoms with Gasteiger partial charge < -0.3 is 44.5 Å². The lowest BCUT2D eigenvalue weighted by Gasteiger charge is -2.34. The van der Waals surface area contributed by atoms with E-state index < -0.39 is 0 Å². The van der Waals surface area contributed by atoms with E-state index in [0.29, 0.717) is 89.9 Å². The second-order valence-corrected chi connectivity index (χ2v) is 24.2. The lowest BCUT2D eigenvalue weighted by Crippen LogP contribution is -2.44. The smallest absolute Gasteiger partial charge is 0.227 e. The number of amides is 3. The van der Waals surface area contributed by atoms with Gasteiger partial charge in [0.2, 0.25) is 17.7 Å². The van der Waals surface area contributed by atoms with E-state index in [0.717, 1.165) is 94.3 Å². The Hall–Kier alpha value is -6.62. The molecule has 0 unspecified atom stereocenters. The van der Waals surface area contributed by atoms with Crippen LogP contribution < -0.4 is 25.2 Å². The fourth-order valence-electron chi connectivity index (χ4n) is 9.98. The first-order valence-corrected chi connectivity index (χ1v) is 28.1. The second kappa shape index (κ2) is 25.4. The molecular formula is C62H84N10O6. The van der Waals surface area contributed by atoms with Crippen LogP contribution in [0.2, 0.25) is 0 Å². The number of piperazine rings is 1. The van der Waals surface area contributed by atoms with Crippen LogP contribution in [0.4, 0.5) is 11.4 Å². The number of nitrogens with zero attached hydrogens (tertiary/aromatic N) is 7. The lowest BCUT2D eigenvalue weighted by atomic mass is 9.78. The Labute approximate surface area is 462 Å². The Morgan fingerprint density at radius 2 is 1.36 bits per heavy atom. The largest absolute Gasteiger partial charge is 0.493 e. The molecule has 3 amide bonds. The van der Waals surface area contributed by atoms with Gasteiger partial charge in [-0.05, 0) is 84.5 Å². The van der Waals surface area contributed by atoms with Crippen molar-refractivity contribution in [3.8, 4) is 39.7 Å². The molecule has 6 aromatic rings. The summed E-state index contributed by atoms with van der Waals surface area (Å²) in [6, 6.07) is 26.7. The van der Waals surface area contributed by atoms with Crippen LogP contribution in [0.1, 0.15) is 118 Å². The number of benzene rings is 4. The van der Waals surface area contributed by atoms with Crippen molar-refractivity contribution in [1.82, 2.24) is 40.5 Å². The van der Waals surface area contributed by atoms with Crippen LogP contribution in [0, 0.1) is 5.41 Å². The predicted molar refractivity (Wildman–Crippen MR) is 311 cm³/mol. The topological polar surface area (TPSA) is 172 Å². The van der Waals surface area contributed by atoms with E-state index >= 15 is 0 Å². The fraction of sp³-hybridized carbons (Fsp3) is 0.516. The normalized spacial score (nSPS) is 14.1. The summed E-state index contributed by atoms with van der Waals surface area (Å²) in [6.45, 7) is 28.0. The number of anilines is 2. The number of carbonyl (C=O) groups excluding carboxylic acids is 3. The second-order valence-electron chi connectivity index (χ2n) is 24.2. The molecule has 0 spiro atoms. The number of imidazole rings is 1. The quantitative estimate of drug-likeness (QED) is 0.0553. The number of para-hydroxylation sites is 1. The minimum absolute atomic E-state index is 0.0328. The van der Waals surface area contributed by atoms with Gasteiger partial charge in [0, 0.05) is 105 Å². The van der Waals surface area contributed by atoms with E-state index in [-0.39, 0.29) is 46.8 Å². The Balaban J connectivity index is 0.845. The highest BCUT2D eigenvalue weighted by atomic mass is 16.5. The molecule has 0 saturated carbocycles. The van der Waals surface area contributed by atoms with Crippen molar-refractivity contribution in [2.45, 2.75) is 125 Å². The highest BCUT2D eigenvalue weighted by molar-refractivity contribution is 6.01. The fourth-order valence-corrected chi connectivity index (χ4v) is 9.98. The molecule has 0 atom stereocenters. The van der Waals surface area contributed by atoms with Gasteiger partial charge in [-0.2, -0.15) is 0 Å². The number of H-pyrrole nitrogens is 1. The van der Waals surface area contributed by atoms with Gasteiger partial charge in [0.05, 0.1) is 55.4 Å². The molecule has 418 valence electrons. The summed E-state index contributed by atoms with van der Waals surface area (Å²) in [4.78, 5) is 55.5. The van der Waals surface area contributed by atoms with Gasteiger partial charge in [-0.3, -0.25) is 14.4 Å². The summed E-state index contributed by atoms with van der Waals surface area (Å²) in [5.41, 5.74) is 11.1. The summed E-state index contributed by atoms with van der Waals surface area (Å²) >= 11 is 0. The zero-order valence-corrected chi connectivity index (χ0v) is 48.0. The van der Waals surface area contributed by atoms with E-state index in [1.165, 1.54) is 5.69 Å². The maximum absolute atomic E-state index is 14.0. The third-order valence-electron chi connectivity index (χ3n) is 14.6. The highest BCUT2D eigenvalue weighted by Crippen LogP contribution is 2.44. The van der Waals surface area contributed by atoms with Gasteiger partial charge in [-0.25, -0.2) is 9.67 Å². The molecule has 4 aromatic carbocycles. The van der Waals surface area contributed by atoms with Gasteiger partial charge >= 0.3 is 0 Å². The van der Waals surface area contributed by atoms with E-state index in [2.05, 4.69) is 130 Å². The summed E-state index contributed by atoms with van der Waals surface area (Å²) < 4.78 is 19.9. The SMILES string of the molecule is CN1CCN(c2ccc3nc(-c4cc(C(C)(C)C)c(OCCCC(=O)NCCCn5nnc6c5-c5ccccc5CN(C(=O)CCC(=O)NCCOCCOCCC(C)(C)C)c5ccccc5-6)c(C(C)(C)C)c4)[nH]c3c2)CC1. The van der Waals surface area contributed by atoms with Crippen molar-refractivity contribution in [3.05, 3.63) is 95.6 Å². The average molecular weight is 1070 g/mol. The Morgan fingerprint density at radius 1 is 0.692 bits per heavy atom. The number of carbonyl (C=O) groups is 3. The van der Waals surface area contributed by atoms with E-state index in [9.17, 15) is 14.4 Å². The Morgan fingerprint density at radius 3 is 2.08 bits per heavy atom. The molecule has 4 heterocycles. The molecule has 8 rings (SSSR count). The van der Waals surface area contributed by atoms with E-state index in [1.54, 1.807) is 4.90 Å². The number of rotatable bonds is 22. The Kier molecular flexibility index (Phi) is 18.8. The molecule has 78 heavy (non-hydrogen) atoms. The molecule has 0 bridgehead atoms. The minimum atomic E-state index is -0.227.